The van der Waals surface area contributed by atoms with Crippen molar-refractivity contribution in [2.75, 3.05) is 9.80 Å². The van der Waals surface area contributed by atoms with E-state index in [1.54, 1.807) is 0 Å². The number of anilines is 6. The molecule has 133 heavy (non-hydrogen) atoms. The highest BCUT2D eigenvalue weighted by Crippen LogP contribution is 2.67. The zero-order chi connectivity index (χ0) is 87.8. The fourth-order valence-corrected chi connectivity index (χ4v) is 24.5. The standard InChI is InChI=1S/C127H86N4O2/c1-125(2)102-38-18-14-36-95(102)121-105(125)41-23-45-113(121)131(88-64-66-92-89-31-11-17-37-101(89)126(3,4)107(92)76-88)116-48-26-50-120-124(116)100-74-83(59-70-118(100)133-120)81-57-68-112-98(72-81)94-35-16-22-44-110(94)129(112)86-62-53-79(54-63-86)84-55-65-96-108(75-84)127(103-39-19-12-32-90(103)91-33-13-20-40-104(91)127)106-42-24-46-114(122(96)106)130(87-60-51-78(52-61-87)77-27-7-5-8-28-77)115-47-25-49-119-123(115)99-73-82(58-69-117(99)132-119)80-56-67-111-97(71-80)93-34-15-21-43-109(93)128(111)85-29-9-6-10-30-85/h5-76,99,117H,1-4H3. The zero-order valence-corrected chi connectivity index (χ0v) is 73.8. The summed E-state index contributed by atoms with van der Waals surface area (Å²) in [7, 11) is 0. The minimum absolute atomic E-state index is 0.101. The van der Waals surface area contributed by atoms with Gasteiger partial charge in [0.2, 0.25) is 0 Å². The van der Waals surface area contributed by atoms with Gasteiger partial charge in [-0.2, -0.15) is 0 Å². The summed E-state index contributed by atoms with van der Waals surface area (Å²) in [5, 5.41) is 6.97. The number of rotatable bonds is 12. The maximum atomic E-state index is 7.17. The van der Waals surface area contributed by atoms with E-state index < -0.39 is 5.41 Å². The van der Waals surface area contributed by atoms with Crippen molar-refractivity contribution >= 4 is 105 Å². The minimum atomic E-state index is -0.674. The van der Waals surface area contributed by atoms with Crippen LogP contribution >= 0.6 is 0 Å². The Balaban J connectivity index is 0.561. The van der Waals surface area contributed by atoms with Gasteiger partial charge in [0.15, 0.2) is 0 Å². The van der Waals surface area contributed by atoms with Crippen LogP contribution in [-0.2, 0) is 16.2 Å². The van der Waals surface area contributed by atoms with E-state index in [2.05, 4.69) is 483 Å². The molecule has 3 aromatic heterocycles. The highest BCUT2D eigenvalue weighted by molar-refractivity contribution is 6.17. The lowest BCUT2D eigenvalue weighted by Crippen LogP contribution is -2.26. The molecule has 0 N–H and O–H groups in total. The number of benzene rings is 19. The number of ether oxygens (including phenoxy) is 1. The minimum Gasteiger partial charge on any atom is -0.485 e. The van der Waals surface area contributed by atoms with Crippen LogP contribution in [0.2, 0.25) is 0 Å². The van der Waals surface area contributed by atoms with Crippen LogP contribution in [0.25, 0.3) is 160 Å². The van der Waals surface area contributed by atoms with Crippen molar-refractivity contribution in [3.8, 4) is 95.0 Å². The number of hydrogen-bond acceptors (Lipinski definition) is 4. The number of nitrogens with zero attached hydrogens (tertiary/aromatic N) is 4. The zero-order valence-electron chi connectivity index (χ0n) is 73.8. The molecule has 0 radical (unpaired) electrons. The first-order chi connectivity index (χ1) is 65.5. The van der Waals surface area contributed by atoms with E-state index in [0.29, 0.717) is 0 Å². The lowest BCUT2D eigenvalue weighted by molar-refractivity contribution is 0.269. The molecular formula is C127H86N4O2. The predicted molar refractivity (Wildman–Crippen MR) is 550 cm³/mol. The summed E-state index contributed by atoms with van der Waals surface area (Å²) in [4.78, 5) is 5.09. The average Bonchev–Trinajstić information content (AvgIpc) is 1.50. The fourth-order valence-electron chi connectivity index (χ4n) is 24.5. The van der Waals surface area contributed by atoms with Gasteiger partial charge in [0, 0.05) is 83.1 Å². The van der Waals surface area contributed by atoms with Crippen LogP contribution in [0.3, 0.4) is 0 Å². The van der Waals surface area contributed by atoms with E-state index >= 15 is 0 Å². The Labute approximate surface area is 771 Å². The largest absolute Gasteiger partial charge is 0.485 e. The van der Waals surface area contributed by atoms with Crippen LogP contribution in [0.5, 0.6) is 5.75 Å². The van der Waals surface area contributed by atoms with Crippen LogP contribution in [-0.4, -0.2) is 15.2 Å². The molecule has 4 heterocycles. The first kappa shape index (κ1) is 75.4. The molecule has 19 aromatic carbocycles. The van der Waals surface area contributed by atoms with Crippen molar-refractivity contribution in [3.63, 3.8) is 0 Å². The Hall–Kier alpha value is -16.5. The molecule has 0 fully saturated rings. The Morgan fingerprint density at radius 3 is 1.44 bits per heavy atom. The molecule has 6 heteroatoms. The van der Waals surface area contributed by atoms with Crippen molar-refractivity contribution in [2.24, 2.45) is 0 Å². The molecule has 1 aliphatic heterocycles. The van der Waals surface area contributed by atoms with Gasteiger partial charge in [-0.25, -0.2) is 0 Å². The van der Waals surface area contributed by atoms with E-state index in [4.69, 9.17) is 9.15 Å². The van der Waals surface area contributed by atoms with Gasteiger partial charge in [0.1, 0.15) is 23.0 Å². The summed E-state index contributed by atoms with van der Waals surface area (Å²) in [5.41, 5.74) is 45.0. The van der Waals surface area contributed by atoms with Crippen molar-refractivity contribution < 1.29 is 9.15 Å². The van der Waals surface area contributed by atoms with Gasteiger partial charge in [-0.1, -0.05) is 319 Å². The molecule has 0 amide bonds. The summed E-state index contributed by atoms with van der Waals surface area (Å²) in [6.07, 6.45) is 6.84. The van der Waals surface area contributed by atoms with Gasteiger partial charge in [0.25, 0.3) is 0 Å². The second kappa shape index (κ2) is 28.2. The third-order valence-electron chi connectivity index (χ3n) is 30.5. The lowest BCUT2D eigenvalue weighted by Gasteiger charge is -2.33. The molecule has 2 atom stereocenters. The monoisotopic (exact) mass is 1700 g/mol. The van der Waals surface area contributed by atoms with Crippen molar-refractivity contribution in [2.45, 2.75) is 56.0 Å². The third-order valence-corrected chi connectivity index (χ3v) is 30.5. The van der Waals surface area contributed by atoms with E-state index in [1.165, 1.54) is 138 Å². The summed E-state index contributed by atoms with van der Waals surface area (Å²) < 4.78 is 19.0. The average molecular weight is 1700 g/mol. The molecule has 2 unspecified atom stereocenters. The SMILES string of the molecule is CC1(C)c2ccccc2-c2ccc(N(c3cccc4c3-c3ccccc3C4(C)C)c3cccc4oc5ccc(-c6ccc7c(c6)c6ccccc6n7-c6ccc(-c7ccc8c(c7)C7(c9ccccc9-c9ccccc97)c7cccc(N(c9ccc(-c%10ccccc%10)cc9)c9cccc%10c9C9C=C(c%11ccc%12c(c%11)c%11ccccc%11n%12-c%11ccccc%11)C=CC9O%10)c7-8)cc6)cc5c34)cc21. The quantitative estimate of drug-likeness (QED) is 0.122. The van der Waals surface area contributed by atoms with E-state index in [1.807, 2.05) is 0 Å². The molecule has 0 saturated heterocycles. The fraction of sp³-hybridized carbons (Fsp3) is 0.0709. The molecule has 0 bridgehead atoms. The molecule has 28 rings (SSSR count). The van der Waals surface area contributed by atoms with Gasteiger partial charge in [-0.05, 0) is 268 Å². The number of fused-ring (bicyclic) bond motifs is 28. The third kappa shape index (κ3) is 10.8. The number of furan rings is 1. The van der Waals surface area contributed by atoms with Crippen LogP contribution in [0.1, 0.15) is 89.2 Å². The van der Waals surface area contributed by atoms with Crippen LogP contribution in [0.4, 0.5) is 34.1 Å². The first-order valence-corrected chi connectivity index (χ1v) is 46.6. The van der Waals surface area contributed by atoms with E-state index in [0.717, 1.165) is 118 Å². The predicted octanol–water partition coefficient (Wildman–Crippen LogP) is 33.2. The summed E-state index contributed by atoms with van der Waals surface area (Å²) in [6.45, 7) is 9.51. The normalized spacial score (nSPS) is 15.5. The number of allylic oxidation sites excluding steroid dienone is 2. The number of para-hydroxylation sites is 3. The summed E-state index contributed by atoms with van der Waals surface area (Å²) in [6, 6.07) is 157. The molecule has 626 valence electrons. The molecule has 0 saturated carbocycles. The van der Waals surface area contributed by atoms with Gasteiger partial charge in [-0.3, -0.25) is 0 Å². The Kier molecular flexibility index (Phi) is 16.0. The van der Waals surface area contributed by atoms with Crippen LogP contribution in [0, 0.1) is 0 Å². The Morgan fingerprint density at radius 1 is 0.278 bits per heavy atom. The Morgan fingerprint density at radius 2 is 0.729 bits per heavy atom. The first-order valence-electron chi connectivity index (χ1n) is 46.6. The van der Waals surface area contributed by atoms with Gasteiger partial charge in [-0.15, -0.1) is 0 Å². The molecule has 1 spiro atoms. The van der Waals surface area contributed by atoms with Gasteiger partial charge in [0.05, 0.1) is 55.6 Å². The highest BCUT2D eigenvalue weighted by atomic mass is 16.5. The molecule has 6 aliphatic rings. The van der Waals surface area contributed by atoms with Crippen LogP contribution < -0.4 is 14.5 Å². The van der Waals surface area contributed by atoms with Gasteiger partial charge >= 0.3 is 0 Å². The molecule has 5 aliphatic carbocycles. The lowest BCUT2D eigenvalue weighted by atomic mass is 9.70. The van der Waals surface area contributed by atoms with E-state index in [9.17, 15) is 0 Å². The topological polar surface area (TPSA) is 38.7 Å². The second-order valence-corrected chi connectivity index (χ2v) is 37.9. The second-order valence-electron chi connectivity index (χ2n) is 37.9. The smallest absolute Gasteiger partial charge is 0.137 e. The van der Waals surface area contributed by atoms with E-state index in [-0.39, 0.29) is 22.9 Å². The Bertz CT molecular complexity index is 8770. The summed E-state index contributed by atoms with van der Waals surface area (Å²) in [5.74, 6) is 0.793. The maximum Gasteiger partial charge on any atom is 0.137 e. The molecule has 22 aromatic rings. The molecular weight excluding hydrogens is 1610 g/mol. The number of aromatic nitrogens is 2. The maximum absolute atomic E-state index is 7.17. The molecule has 6 nitrogen and oxygen atoms in total. The van der Waals surface area contributed by atoms with Crippen molar-refractivity contribution in [1.82, 2.24) is 9.13 Å². The van der Waals surface area contributed by atoms with Crippen molar-refractivity contribution in [3.05, 3.63) is 492 Å². The van der Waals surface area contributed by atoms with Crippen molar-refractivity contribution in [1.29, 1.82) is 0 Å². The number of hydrogen-bond donors (Lipinski definition) is 0. The van der Waals surface area contributed by atoms with Gasteiger partial charge < -0.3 is 28.1 Å². The highest BCUT2D eigenvalue weighted by Gasteiger charge is 2.53. The summed E-state index contributed by atoms with van der Waals surface area (Å²) >= 11 is 0. The van der Waals surface area contributed by atoms with Crippen LogP contribution in [0.15, 0.2) is 441 Å².